The molecule has 4 nitrogen and oxygen atoms in total. The molecule has 5 rings (SSSR count). The van der Waals surface area contributed by atoms with Gasteiger partial charge in [0, 0.05) is 6.42 Å². The Balaban J connectivity index is 1.32. The summed E-state index contributed by atoms with van der Waals surface area (Å²) < 4.78 is 17.7. The summed E-state index contributed by atoms with van der Waals surface area (Å²) in [6.45, 7) is 8.53. The first-order chi connectivity index (χ1) is 17.9. The highest BCUT2D eigenvalue weighted by Crippen LogP contribution is 2.68. The number of allylic oxidation sites excluding steroid dienone is 2. The molecule has 0 N–H and O–H groups in total. The molecule has 0 aliphatic heterocycles. The molecular weight excluding hydrogens is 460 g/mol. The van der Waals surface area contributed by atoms with Gasteiger partial charge in [-0.15, -0.1) is 0 Å². The van der Waals surface area contributed by atoms with Crippen LogP contribution in [-0.4, -0.2) is 26.0 Å². The average Bonchev–Trinajstić information content (AvgIpc) is 3.27. The van der Waals surface area contributed by atoms with E-state index in [1.54, 1.807) is 0 Å². The van der Waals surface area contributed by atoms with Crippen molar-refractivity contribution in [1.29, 1.82) is 0 Å². The Morgan fingerprint density at radius 3 is 2.62 bits per heavy atom. The van der Waals surface area contributed by atoms with E-state index in [2.05, 4.69) is 57.2 Å². The number of ether oxygens (including phenoxy) is 3. The Labute approximate surface area is 224 Å². The summed E-state index contributed by atoms with van der Waals surface area (Å²) in [5.74, 6) is 3.78. The molecule has 3 saturated carbocycles. The number of hydrogen-bond donors (Lipinski definition) is 0. The van der Waals surface area contributed by atoms with Crippen LogP contribution >= 0.6 is 0 Å². The first-order valence-corrected chi connectivity index (χ1v) is 14.8. The summed E-state index contributed by atoms with van der Waals surface area (Å²) in [4.78, 5) is 11.9. The van der Waals surface area contributed by atoms with E-state index in [9.17, 15) is 4.79 Å². The third-order valence-electron chi connectivity index (χ3n) is 11.4. The zero-order valence-corrected chi connectivity index (χ0v) is 23.5. The second-order valence-electron chi connectivity index (χ2n) is 13.1. The molecule has 37 heavy (non-hydrogen) atoms. The minimum absolute atomic E-state index is 0.0733. The molecule has 0 heterocycles. The lowest BCUT2D eigenvalue weighted by Gasteiger charge is -2.61. The van der Waals surface area contributed by atoms with Crippen molar-refractivity contribution in [1.82, 2.24) is 0 Å². The van der Waals surface area contributed by atoms with E-state index in [0.29, 0.717) is 60.2 Å². The fourth-order valence-electron chi connectivity index (χ4n) is 9.43. The third kappa shape index (κ3) is 5.17. The normalized spacial score (nSPS) is 39.4. The minimum Gasteiger partial charge on any atom is -0.469 e. The first kappa shape index (κ1) is 26.9. The summed E-state index contributed by atoms with van der Waals surface area (Å²) in [5.41, 5.74) is 1.91. The van der Waals surface area contributed by atoms with Crippen LogP contribution in [0.2, 0.25) is 0 Å². The van der Waals surface area contributed by atoms with Crippen LogP contribution in [0.3, 0.4) is 0 Å². The number of carbonyl (C=O) groups excluding carboxylic acids is 1. The van der Waals surface area contributed by atoms with E-state index >= 15 is 0 Å². The standard InChI is InChI=1S/C33H48O4/c1-23(13-16-30(34)35-4)26-14-15-27-31-28(17-19-33(26,27)3)32(2)18-9-8-12-25(32)20-29(31)37-22-36-21-24-10-6-5-7-11-24/h5-8,10-12,23,25-29,31H,9,13-22H2,1-4H3/t23-,25-,26-,27+,28+,29-,31+,32+,33-/m1/s1. The van der Waals surface area contributed by atoms with Crippen molar-refractivity contribution in [2.45, 2.75) is 91.3 Å². The van der Waals surface area contributed by atoms with Gasteiger partial charge in [-0.3, -0.25) is 4.79 Å². The molecule has 1 aromatic rings. The maximum absolute atomic E-state index is 11.9. The maximum atomic E-state index is 11.9. The smallest absolute Gasteiger partial charge is 0.305 e. The van der Waals surface area contributed by atoms with Gasteiger partial charge in [0.2, 0.25) is 0 Å². The van der Waals surface area contributed by atoms with Crippen LogP contribution in [0.4, 0.5) is 0 Å². The summed E-state index contributed by atoms with van der Waals surface area (Å²) >= 11 is 0. The molecule has 0 amide bonds. The first-order valence-electron chi connectivity index (χ1n) is 14.8. The van der Waals surface area contributed by atoms with Gasteiger partial charge in [-0.2, -0.15) is 0 Å². The zero-order chi connectivity index (χ0) is 26.0. The van der Waals surface area contributed by atoms with Gasteiger partial charge in [0.1, 0.15) is 6.79 Å². The van der Waals surface area contributed by atoms with Gasteiger partial charge in [-0.1, -0.05) is 63.3 Å². The van der Waals surface area contributed by atoms with E-state index in [-0.39, 0.29) is 12.1 Å². The Morgan fingerprint density at radius 1 is 1.05 bits per heavy atom. The number of hydrogen-bond acceptors (Lipinski definition) is 4. The van der Waals surface area contributed by atoms with Crippen LogP contribution in [0.25, 0.3) is 0 Å². The molecule has 0 radical (unpaired) electrons. The topological polar surface area (TPSA) is 44.8 Å². The lowest BCUT2D eigenvalue weighted by atomic mass is 9.44. The molecule has 9 atom stereocenters. The van der Waals surface area contributed by atoms with Crippen molar-refractivity contribution in [2.75, 3.05) is 13.9 Å². The number of rotatable bonds is 9. The van der Waals surface area contributed by atoms with Crippen LogP contribution < -0.4 is 0 Å². The van der Waals surface area contributed by atoms with Crippen LogP contribution in [0.1, 0.15) is 84.1 Å². The number of fused-ring (bicyclic) bond motifs is 5. The average molecular weight is 509 g/mol. The number of carbonyl (C=O) groups is 1. The lowest BCUT2D eigenvalue weighted by Crippen LogP contribution is -2.57. The van der Waals surface area contributed by atoms with Crippen LogP contribution in [0, 0.1) is 46.3 Å². The van der Waals surface area contributed by atoms with Gasteiger partial charge in [-0.25, -0.2) is 0 Å². The van der Waals surface area contributed by atoms with E-state index < -0.39 is 0 Å². The summed E-state index contributed by atoms with van der Waals surface area (Å²) in [7, 11) is 1.50. The van der Waals surface area contributed by atoms with Crippen molar-refractivity contribution in [3.63, 3.8) is 0 Å². The highest BCUT2D eigenvalue weighted by Gasteiger charge is 2.62. The van der Waals surface area contributed by atoms with Gasteiger partial charge in [0.05, 0.1) is 19.8 Å². The summed E-state index contributed by atoms with van der Waals surface area (Å²) in [6.07, 6.45) is 15.5. The molecule has 0 spiro atoms. The minimum atomic E-state index is -0.0733. The van der Waals surface area contributed by atoms with Gasteiger partial charge in [0.15, 0.2) is 0 Å². The molecule has 4 heteroatoms. The van der Waals surface area contributed by atoms with Crippen molar-refractivity contribution >= 4 is 5.97 Å². The van der Waals surface area contributed by atoms with E-state index in [4.69, 9.17) is 14.2 Å². The number of esters is 1. The predicted molar refractivity (Wildman–Crippen MR) is 147 cm³/mol. The third-order valence-corrected chi connectivity index (χ3v) is 11.4. The molecular formula is C33H48O4. The van der Waals surface area contributed by atoms with Gasteiger partial charge in [0.25, 0.3) is 0 Å². The van der Waals surface area contributed by atoms with E-state index in [1.165, 1.54) is 51.2 Å². The largest absolute Gasteiger partial charge is 0.469 e. The lowest BCUT2D eigenvalue weighted by molar-refractivity contribution is -0.197. The van der Waals surface area contributed by atoms with Gasteiger partial charge < -0.3 is 14.2 Å². The molecule has 0 saturated heterocycles. The second-order valence-corrected chi connectivity index (χ2v) is 13.1. The van der Waals surface area contributed by atoms with Crippen molar-refractivity contribution in [3.05, 3.63) is 48.0 Å². The quantitative estimate of drug-likeness (QED) is 0.149. The SMILES string of the molecule is COC(=O)CC[C@@H](C)[C@H]1CC[C@H]2[C@@H]3[C@H](OCOCc4ccccc4)C[C@H]4C=CCC[C@]4(C)[C@H]3CC[C@]12C. The zero-order valence-electron chi connectivity index (χ0n) is 23.5. The second kappa shape index (κ2) is 11.2. The van der Waals surface area contributed by atoms with E-state index in [1.807, 2.05) is 6.07 Å². The Kier molecular flexibility index (Phi) is 8.17. The Hall–Kier alpha value is -1.65. The molecule has 0 aromatic heterocycles. The molecule has 4 aliphatic rings. The number of benzene rings is 1. The number of methoxy groups -OCH3 is 1. The Bertz CT molecular complexity index is 943. The molecule has 4 aliphatic carbocycles. The monoisotopic (exact) mass is 508 g/mol. The van der Waals surface area contributed by atoms with Crippen LogP contribution in [0.5, 0.6) is 0 Å². The summed E-state index contributed by atoms with van der Waals surface area (Å²) in [6, 6.07) is 10.4. The van der Waals surface area contributed by atoms with Crippen LogP contribution in [-0.2, 0) is 25.6 Å². The predicted octanol–water partition coefficient (Wildman–Crippen LogP) is 7.57. The van der Waals surface area contributed by atoms with Crippen molar-refractivity contribution < 1.29 is 19.0 Å². The fraction of sp³-hybridized carbons (Fsp3) is 0.727. The van der Waals surface area contributed by atoms with Crippen LogP contribution in [0.15, 0.2) is 42.5 Å². The fourth-order valence-corrected chi connectivity index (χ4v) is 9.43. The molecule has 3 fully saturated rings. The Morgan fingerprint density at radius 2 is 1.84 bits per heavy atom. The maximum Gasteiger partial charge on any atom is 0.305 e. The van der Waals surface area contributed by atoms with Gasteiger partial charge in [-0.05, 0) is 103 Å². The highest BCUT2D eigenvalue weighted by atomic mass is 16.7. The van der Waals surface area contributed by atoms with Gasteiger partial charge >= 0.3 is 5.97 Å². The molecule has 1 aromatic carbocycles. The highest BCUT2D eigenvalue weighted by molar-refractivity contribution is 5.69. The van der Waals surface area contributed by atoms with Crippen molar-refractivity contribution in [3.8, 4) is 0 Å². The van der Waals surface area contributed by atoms with Crippen molar-refractivity contribution in [2.24, 2.45) is 46.3 Å². The van der Waals surface area contributed by atoms with E-state index in [0.717, 1.165) is 18.8 Å². The molecule has 0 unspecified atom stereocenters. The summed E-state index contributed by atoms with van der Waals surface area (Å²) in [5, 5.41) is 0. The molecule has 0 bridgehead atoms. The molecule has 204 valence electrons.